The minimum atomic E-state index is -0.362. The third-order valence-electron chi connectivity index (χ3n) is 1.89. The Hall–Kier alpha value is -1.24. The fourth-order valence-corrected chi connectivity index (χ4v) is 1.21. The molecule has 0 N–H and O–H groups in total. The van der Waals surface area contributed by atoms with Gasteiger partial charge in [-0.3, -0.25) is 0 Å². The molecule has 0 aliphatic heterocycles. The van der Waals surface area contributed by atoms with Crippen molar-refractivity contribution in [1.82, 2.24) is 0 Å². The highest BCUT2D eigenvalue weighted by Crippen LogP contribution is 2.19. The fraction of sp³-hybridized carbons (Fsp3) is 0.385. The minimum Gasteiger partial charge on any atom is -0.466 e. The average molecular weight is 257 g/mol. The zero-order valence-corrected chi connectivity index (χ0v) is 10.4. The lowest BCUT2D eigenvalue weighted by Crippen LogP contribution is -2.03. The maximum Gasteiger partial charge on any atom is 0.189 e. The van der Waals surface area contributed by atoms with E-state index in [0.29, 0.717) is 30.2 Å². The molecule has 0 heterocycles. The zero-order valence-electron chi connectivity index (χ0n) is 9.63. The molecule has 4 heteroatoms. The summed E-state index contributed by atoms with van der Waals surface area (Å²) in [5, 5.41) is 0. The standard InChI is InChI=1S/C13H14ClFO2/c1-2-16-10-17-13-9-12(15)7-6-11(13)5-3-4-8-14/h6-7,9H,2,4,8,10H2,1H3. The van der Waals surface area contributed by atoms with Crippen LogP contribution < -0.4 is 4.74 Å². The van der Waals surface area contributed by atoms with Crippen molar-refractivity contribution in [3.05, 3.63) is 29.6 Å². The van der Waals surface area contributed by atoms with Gasteiger partial charge in [-0.05, 0) is 19.1 Å². The first kappa shape index (κ1) is 13.8. The van der Waals surface area contributed by atoms with Crippen molar-refractivity contribution in [1.29, 1.82) is 0 Å². The summed E-state index contributed by atoms with van der Waals surface area (Å²) in [7, 11) is 0. The minimum absolute atomic E-state index is 0.0874. The van der Waals surface area contributed by atoms with Crippen LogP contribution >= 0.6 is 11.6 Å². The molecule has 0 aliphatic carbocycles. The third-order valence-corrected chi connectivity index (χ3v) is 2.08. The average Bonchev–Trinajstić information content (AvgIpc) is 2.32. The molecule has 0 radical (unpaired) electrons. The van der Waals surface area contributed by atoms with Gasteiger partial charge in [-0.2, -0.15) is 0 Å². The van der Waals surface area contributed by atoms with E-state index < -0.39 is 0 Å². The first-order valence-corrected chi connectivity index (χ1v) is 5.86. The van der Waals surface area contributed by atoms with E-state index in [1.165, 1.54) is 12.1 Å². The molecule has 1 aromatic carbocycles. The van der Waals surface area contributed by atoms with E-state index in [-0.39, 0.29) is 12.6 Å². The highest BCUT2D eigenvalue weighted by Gasteiger charge is 2.03. The summed E-state index contributed by atoms with van der Waals surface area (Å²) in [6.45, 7) is 2.49. The van der Waals surface area contributed by atoms with Crippen LogP contribution in [0.15, 0.2) is 18.2 Å². The molecule has 0 atom stereocenters. The monoisotopic (exact) mass is 256 g/mol. The van der Waals surface area contributed by atoms with Crippen molar-refractivity contribution < 1.29 is 13.9 Å². The number of hydrogen-bond donors (Lipinski definition) is 0. The Bertz CT molecular complexity index is 410. The Morgan fingerprint density at radius 1 is 1.41 bits per heavy atom. The number of halogens is 2. The van der Waals surface area contributed by atoms with E-state index in [1.807, 2.05) is 6.92 Å². The molecule has 1 aromatic rings. The van der Waals surface area contributed by atoms with Crippen molar-refractivity contribution in [3.63, 3.8) is 0 Å². The van der Waals surface area contributed by atoms with Crippen LogP contribution in [0.5, 0.6) is 5.75 Å². The van der Waals surface area contributed by atoms with Crippen LogP contribution in [0.4, 0.5) is 4.39 Å². The molecule has 0 bridgehead atoms. The maximum absolute atomic E-state index is 13.1. The Morgan fingerprint density at radius 3 is 2.94 bits per heavy atom. The van der Waals surface area contributed by atoms with Crippen LogP contribution in [0.2, 0.25) is 0 Å². The van der Waals surface area contributed by atoms with Gasteiger partial charge in [0, 0.05) is 25.0 Å². The van der Waals surface area contributed by atoms with Gasteiger partial charge in [0.05, 0.1) is 5.56 Å². The normalized spacial score (nSPS) is 9.59. The molecule has 0 saturated carbocycles. The molecule has 0 aromatic heterocycles. The molecule has 0 aliphatic rings. The van der Waals surface area contributed by atoms with Crippen LogP contribution in [-0.2, 0) is 4.74 Å². The highest BCUT2D eigenvalue weighted by atomic mass is 35.5. The molecule has 0 spiro atoms. The fourth-order valence-electron chi connectivity index (χ4n) is 1.11. The van der Waals surface area contributed by atoms with Gasteiger partial charge in [0.25, 0.3) is 0 Å². The summed E-state index contributed by atoms with van der Waals surface area (Å²) in [5.74, 6) is 6.27. The molecule has 2 nitrogen and oxygen atoms in total. The van der Waals surface area contributed by atoms with Crippen molar-refractivity contribution in [2.24, 2.45) is 0 Å². The Labute approximate surface area is 106 Å². The molecule has 0 amide bonds. The summed E-state index contributed by atoms with van der Waals surface area (Å²) in [6, 6.07) is 4.22. The zero-order chi connectivity index (χ0) is 12.5. The lowest BCUT2D eigenvalue weighted by molar-refractivity contribution is 0.0221. The van der Waals surface area contributed by atoms with Crippen molar-refractivity contribution in [2.45, 2.75) is 13.3 Å². The largest absolute Gasteiger partial charge is 0.466 e. The van der Waals surface area contributed by atoms with E-state index in [4.69, 9.17) is 21.1 Å². The van der Waals surface area contributed by atoms with Crippen LogP contribution in [0.1, 0.15) is 18.9 Å². The third kappa shape index (κ3) is 5.08. The summed E-state index contributed by atoms with van der Waals surface area (Å²) in [5.41, 5.74) is 0.635. The number of ether oxygens (including phenoxy) is 2. The second-order valence-electron chi connectivity index (χ2n) is 3.14. The van der Waals surface area contributed by atoms with Crippen molar-refractivity contribution in [2.75, 3.05) is 19.3 Å². The predicted octanol–water partition coefficient (Wildman–Crippen LogP) is 3.18. The first-order chi connectivity index (χ1) is 8.27. The lowest BCUT2D eigenvalue weighted by atomic mass is 10.2. The van der Waals surface area contributed by atoms with Gasteiger partial charge in [0.1, 0.15) is 11.6 Å². The van der Waals surface area contributed by atoms with Gasteiger partial charge < -0.3 is 9.47 Å². The molecule has 92 valence electrons. The van der Waals surface area contributed by atoms with Gasteiger partial charge in [-0.25, -0.2) is 4.39 Å². The number of hydrogen-bond acceptors (Lipinski definition) is 2. The molecule has 17 heavy (non-hydrogen) atoms. The maximum atomic E-state index is 13.1. The van der Waals surface area contributed by atoms with Gasteiger partial charge in [0.2, 0.25) is 0 Å². The summed E-state index contributed by atoms with van der Waals surface area (Å²) in [6.07, 6.45) is 0.587. The predicted molar refractivity (Wildman–Crippen MR) is 65.7 cm³/mol. The second kappa shape index (κ2) is 7.94. The lowest BCUT2D eigenvalue weighted by Gasteiger charge is -2.07. The van der Waals surface area contributed by atoms with Crippen molar-refractivity contribution >= 4 is 11.6 Å². The molecule has 0 saturated heterocycles. The van der Waals surface area contributed by atoms with Crippen LogP contribution in [0, 0.1) is 17.7 Å². The first-order valence-electron chi connectivity index (χ1n) is 5.33. The quantitative estimate of drug-likeness (QED) is 0.349. The molecule has 1 rings (SSSR count). The summed E-state index contributed by atoms with van der Waals surface area (Å²) in [4.78, 5) is 0. The highest BCUT2D eigenvalue weighted by molar-refractivity contribution is 6.18. The van der Waals surface area contributed by atoms with Crippen LogP contribution in [-0.4, -0.2) is 19.3 Å². The van der Waals surface area contributed by atoms with Crippen LogP contribution in [0.3, 0.4) is 0 Å². The number of rotatable bonds is 5. The topological polar surface area (TPSA) is 18.5 Å². The van der Waals surface area contributed by atoms with Gasteiger partial charge in [-0.1, -0.05) is 11.8 Å². The van der Waals surface area contributed by atoms with E-state index in [9.17, 15) is 4.39 Å². The van der Waals surface area contributed by atoms with Gasteiger partial charge in [-0.15, -0.1) is 11.6 Å². The van der Waals surface area contributed by atoms with E-state index >= 15 is 0 Å². The SMILES string of the molecule is CCOCOc1cc(F)ccc1C#CCCCl. The van der Waals surface area contributed by atoms with Gasteiger partial charge in [0.15, 0.2) is 6.79 Å². The van der Waals surface area contributed by atoms with Crippen LogP contribution in [0.25, 0.3) is 0 Å². The van der Waals surface area contributed by atoms with E-state index in [0.717, 1.165) is 0 Å². The van der Waals surface area contributed by atoms with E-state index in [2.05, 4.69) is 11.8 Å². The number of benzene rings is 1. The molecular weight excluding hydrogens is 243 g/mol. The second-order valence-corrected chi connectivity index (χ2v) is 3.51. The Kier molecular flexibility index (Phi) is 6.46. The smallest absolute Gasteiger partial charge is 0.189 e. The molecular formula is C13H14ClFO2. The summed E-state index contributed by atoms with van der Waals surface area (Å²) >= 11 is 5.52. The number of alkyl halides is 1. The Balaban J connectivity index is 2.77. The molecule has 0 fully saturated rings. The summed E-state index contributed by atoms with van der Waals surface area (Å²) < 4.78 is 23.4. The Morgan fingerprint density at radius 2 is 2.24 bits per heavy atom. The molecule has 0 unspecified atom stereocenters. The van der Waals surface area contributed by atoms with E-state index in [1.54, 1.807) is 6.07 Å². The van der Waals surface area contributed by atoms with Crippen molar-refractivity contribution in [3.8, 4) is 17.6 Å². The van der Waals surface area contributed by atoms with Gasteiger partial charge >= 0.3 is 0 Å².